The van der Waals surface area contributed by atoms with Crippen LogP contribution in [0.25, 0.3) is 0 Å². The Hall–Kier alpha value is -0.260. The predicted molar refractivity (Wildman–Crippen MR) is 75.6 cm³/mol. The molecule has 0 amide bonds. The first kappa shape index (κ1) is 15.7. The molecule has 0 rings (SSSR count). The number of hydrogen-bond donors (Lipinski definition) is 0. The fourth-order valence-corrected chi connectivity index (χ4v) is 2.01. The molecule has 0 aromatic heterocycles. The molecule has 0 heteroatoms. The third-order valence-corrected chi connectivity index (χ3v) is 3.16. The zero-order chi connectivity index (χ0) is 12.1. The number of unbranched alkanes of at least 4 members (excludes halogenated alkanes) is 8. The lowest BCUT2D eigenvalue weighted by Gasteiger charge is -2.04. The lowest BCUT2D eigenvalue weighted by Crippen LogP contribution is -1.85. The highest BCUT2D eigenvalue weighted by Gasteiger charge is 1.95. The Bertz CT molecular complexity index is 146. The van der Waals surface area contributed by atoms with E-state index in [1.807, 2.05) is 0 Å². The summed E-state index contributed by atoms with van der Waals surface area (Å²) in [4.78, 5) is 0. The first-order chi connectivity index (χ1) is 7.81. The van der Waals surface area contributed by atoms with Crippen LogP contribution in [0.2, 0.25) is 0 Å². The molecule has 16 heavy (non-hydrogen) atoms. The van der Waals surface area contributed by atoms with Gasteiger partial charge in [-0.3, -0.25) is 0 Å². The quantitative estimate of drug-likeness (QED) is 0.278. The van der Waals surface area contributed by atoms with Crippen LogP contribution < -0.4 is 0 Å². The Balaban J connectivity index is 3.05. The van der Waals surface area contributed by atoms with Gasteiger partial charge in [0, 0.05) is 0 Å². The molecular formula is C16H31. The van der Waals surface area contributed by atoms with Crippen molar-refractivity contribution in [3.8, 4) is 0 Å². The molecule has 0 aliphatic heterocycles. The van der Waals surface area contributed by atoms with Crippen molar-refractivity contribution < 1.29 is 0 Å². The second-order valence-corrected chi connectivity index (χ2v) is 4.93. The standard InChI is InChI=1S/C16H31/c1-4-6-8-9-10-11-12-13-15-16(3)14-7-5-2/h2-15H2,1H3. The van der Waals surface area contributed by atoms with Gasteiger partial charge in [0.25, 0.3) is 0 Å². The molecule has 0 aliphatic carbocycles. The Morgan fingerprint density at radius 1 is 0.750 bits per heavy atom. The van der Waals surface area contributed by atoms with Gasteiger partial charge in [-0.2, -0.15) is 0 Å². The highest BCUT2D eigenvalue weighted by atomic mass is 14.0. The lowest BCUT2D eigenvalue weighted by atomic mass is 10.0. The summed E-state index contributed by atoms with van der Waals surface area (Å²) >= 11 is 0. The fourth-order valence-electron chi connectivity index (χ4n) is 2.01. The van der Waals surface area contributed by atoms with Crippen molar-refractivity contribution in [3.05, 3.63) is 19.1 Å². The summed E-state index contributed by atoms with van der Waals surface area (Å²) in [5.41, 5.74) is 1.44. The van der Waals surface area contributed by atoms with Crippen molar-refractivity contribution in [1.29, 1.82) is 0 Å². The van der Waals surface area contributed by atoms with Crippen LogP contribution in [0.4, 0.5) is 0 Å². The molecule has 0 atom stereocenters. The minimum Gasteiger partial charge on any atom is -0.0999 e. The number of hydrogen-bond acceptors (Lipinski definition) is 0. The average Bonchev–Trinajstić information content (AvgIpc) is 2.30. The van der Waals surface area contributed by atoms with Gasteiger partial charge in [0.05, 0.1) is 0 Å². The largest absolute Gasteiger partial charge is 0.0999 e. The zero-order valence-electron chi connectivity index (χ0n) is 11.4. The van der Waals surface area contributed by atoms with Crippen molar-refractivity contribution >= 4 is 0 Å². The molecule has 1 radical (unpaired) electrons. The van der Waals surface area contributed by atoms with E-state index >= 15 is 0 Å². The maximum atomic E-state index is 4.12. The fraction of sp³-hybridized carbons (Fsp3) is 0.812. The molecule has 0 bridgehead atoms. The van der Waals surface area contributed by atoms with Gasteiger partial charge < -0.3 is 0 Å². The van der Waals surface area contributed by atoms with Crippen molar-refractivity contribution in [2.24, 2.45) is 0 Å². The first-order valence-corrected chi connectivity index (χ1v) is 7.27. The summed E-state index contributed by atoms with van der Waals surface area (Å²) in [5, 5.41) is 0. The first-order valence-electron chi connectivity index (χ1n) is 7.27. The van der Waals surface area contributed by atoms with Crippen LogP contribution in [-0.2, 0) is 0 Å². The number of allylic oxidation sites excluding steroid dienone is 1. The van der Waals surface area contributed by atoms with E-state index < -0.39 is 0 Å². The molecule has 95 valence electrons. The van der Waals surface area contributed by atoms with Crippen LogP contribution >= 0.6 is 0 Å². The van der Waals surface area contributed by atoms with Crippen molar-refractivity contribution in [2.75, 3.05) is 0 Å². The molecular weight excluding hydrogens is 192 g/mol. The molecule has 0 saturated heterocycles. The smallest absolute Gasteiger partial charge is 0.0323 e. The van der Waals surface area contributed by atoms with Gasteiger partial charge in [-0.25, -0.2) is 0 Å². The maximum absolute atomic E-state index is 4.12. The van der Waals surface area contributed by atoms with Gasteiger partial charge in [0.2, 0.25) is 0 Å². The van der Waals surface area contributed by atoms with Gasteiger partial charge in [-0.05, 0) is 25.7 Å². The summed E-state index contributed by atoms with van der Waals surface area (Å²) in [6.45, 7) is 10.3. The summed E-state index contributed by atoms with van der Waals surface area (Å²) in [6, 6.07) is 0. The SMILES string of the molecule is [CH2]CCCC(=C)CCCCCCCCCC. The maximum Gasteiger partial charge on any atom is -0.0323 e. The molecule has 0 heterocycles. The molecule has 0 aliphatic rings. The molecule has 0 fully saturated rings. The van der Waals surface area contributed by atoms with Crippen molar-refractivity contribution in [1.82, 2.24) is 0 Å². The third kappa shape index (κ3) is 11.8. The van der Waals surface area contributed by atoms with E-state index in [2.05, 4.69) is 20.4 Å². The minimum absolute atomic E-state index is 1.05. The van der Waals surface area contributed by atoms with Gasteiger partial charge in [-0.1, -0.05) is 77.4 Å². The molecule has 0 spiro atoms. The van der Waals surface area contributed by atoms with E-state index in [-0.39, 0.29) is 0 Å². The monoisotopic (exact) mass is 223 g/mol. The Morgan fingerprint density at radius 3 is 1.81 bits per heavy atom. The van der Waals surface area contributed by atoms with Crippen LogP contribution in [-0.4, -0.2) is 0 Å². The highest BCUT2D eigenvalue weighted by Crippen LogP contribution is 2.15. The predicted octanol–water partition coefficient (Wildman–Crippen LogP) is 6.08. The highest BCUT2D eigenvalue weighted by molar-refractivity contribution is 4.93. The zero-order valence-corrected chi connectivity index (χ0v) is 11.4. The van der Waals surface area contributed by atoms with Crippen LogP contribution in [0, 0.1) is 6.92 Å². The van der Waals surface area contributed by atoms with E-state index in [1.54, 1.807) is 0 Å². The molecule has 0 nitrogen and oxygen atoms in total. The Kier molecular flexibility index (Phi) is 12.6. The minimum atomic E-state index is 1.05. The summed E-state index contributed by atoms with van der Waals surface area (Å²) in [6.07, 6.45) is 16.0. The normalized spacial score (nSPS) is 10.6. The number of rotatable bonds is 12. The average molecular weight is 223 g/mol. The second-order valence-electron chi connectivity index (χ2n) is 4.93. The van der Waals surface area contributed by atoms with Crippen LogP contribution in [0.3, 0.4) is 0 Å². The van der Waals surface area contributed by atoms with Crippen LogP contribution in [0.5, 0.6) is 0 Å². The van der Waals surface area contributed by atoms with Crippen LogP contribution in [0.1, 0.15) is 84.0 Å². The van der Waals surface area contributed by atoms with Gasteiger partial charge in [-0.15, -0.1) is 0 Å². The van der Waals surface area contributed by atoms with E-state index in [0.717, 1.165) is 6.42 Å². The molecule has 0 unspecified atom stereocenters. The molecule has 0 aromatic rings. The topological polar surface area (TPSA) is 0 Å². The summed E-state index contributed by atoms with van der Waals surface area (Å²) < 4.78 is 0. The summed E-state index contributed by atoms with van der Waals surface area (Å²) in [5.74, 6) is 0. The van der Waals surface area contributed by atoms with Crippen molar-refractivity contribution in [2.45, 2.75) is 84.0 Å². The molecule has 0 N–H and O–H groups in total. The van der Waals surface area contributed by atoms with Crippen molar-refractivity contribution in [3.63, 3.8) is 0 Å². The third-order valence-electron chi connectivity index (χ3n) is 3.16. The molecule has 0 saturated carbocycles. The Labute approximate surface area is 104 Å². The lowest BCUT2D eigenvalue weighted by molar-refractivity contribution is 0.572. The van der Waals surface area contributed by atoms with E-state index in [9.17, 15) is 0 Å². The van der Waals surface area contributed by atoms with E-state index in [1.165, 1.54) is 76.2 Å². The van der Waals surface area contributed by atoms with E-state index in [4.69, 9.17) is 0 Å². The summed E-state index contributed by atoms with van der Waals surface area (Å²) in [7, 11) is 0. The Morgan fingerprint density at radius 2 is 1.25 bits per heavy atom. The van der Waals surface area contributed by atoms with Gasteiger partial charge in [0.15, 0.2) is 0 Å². The van der Waals surface area contributed by atoms with Crippen LogP contribution in [0.15, 0.2) is 12.2 Å². The van der Waals surface area contributed by atoms with Gasteiger partial charge >= 0.3 is 0 Å². The van der Waals surface area contributed by atoms with E-state index in [0.29, 0.717) is 0 Å². The second kappa shape index (κ2) is 12.8. The molecule has 0 aromatic carbocycles. The van der Waals surface area contributed by atoms with Gasteiger partial charge in [0.1, 0.15) is 0 Å².